The smallest absolute Gasteiger partial charge is 0.118 e. The molecule has 102 valence electrons. The summed E-state index contributed by atoms with van der Waals surface area (Å²) in [5.74, 6) is 0.861. The maximum Gasteiger partial charge on any atom is 0.118 e. The van der Waals surface area contributed by atoms with Crippen molar-refractivity contribution < 1.29 is 9.47 Å². The number of rotatable bonds is 7. The van der Waals surface area contributed by atoms with Gasteiger partial charge in [-0.2, -0.15) is 0 Å². The number of methoxy groups -OCH3 is 1. The molecule has 0 bridgehead atoms. The minimum absolute atomic E-state index is 0.548. The molecule has 19 heavy (non-hydrogen) atoms. The van der Waals surface area contributed by atoms with E-state index in [1.54, 1.807) is 18.4 Å². The second-order valence-electron chi connectivity index (χ2n) is 4.10. The summed E-state index contributed by atoms with van der Waals surface area (Å²) in [6, 6.07) is 7.89. The van der Waals surface area contributed by atoms with Crippen molar-refractivity contribution in [2.45, 2.75) is 19.8 Å². The van der Waals surface area contributed by atoms with Gasteiger partial charge in [0.15, 0.2) is 0 Å². The Hall–Kier alpha value is -1.43. The van der Waals surface area contributed by atoms with Gasteiger partial charge in [-0.25, -0.2) is 4.98 Å². The molecule has 0 amide bonds. The summed E-state index contributed by atoms with van der Waals surface area (Å²) >= 11 is 1.66. The Labute approximate surface area is 117 Å². The maximum absolute atomic E-state index is 5.65. The van der Waals surface area contributed by atoms with Crippen molar-refractivity contribution in [2.24, 2.45) is 0 Å². The van der Waals surface area contributed by atoms with Crippen LogP contribution in [-0.2, 0) is 24.5 Å². The van der Waals surface area contributed by atoms with Crippen LogP contribution in [0.5, 0.6) is 5.75 Å². The molecule has 0 atom stereocenters. The van der Waals surface area contributed by atoms with Crippen LogP contribution in [0.2, 0.25) is 0 Å². The highest BCUT2D eigenvalue weighted by atomic mass is 32.1. The average Bonchev–Trinajstić information content (AvgIpc) is 2.88. The zero-order valence-corrected chi connectivity index (χ0v) is 12.0. The van der Waals surface area contributed by atoms with Crippen LogP contribution < -0.4 is 10.1 Å². The molecule has 0 saturated heterocycles. The van der Waals surface area contributed by atoms with Gasteiger partial charge in [-0.1, -0.05) is 12.1 Å². The fourth-order valence-corrected chi connectivity index (χ4v) is 2.43. The van der Waals surface area contributed by atoms with Crippen molar-refractivity contribution >= 4 is 11.3 Å². The summed E-state index contributed by atoms with van der Waals surface area (Å²) in [6.07, 6.45) is 0. The van der Waals surface area contributed by atoms with E-state index in [4.69, 9.17) is 9.47 Å². The standard InChI is InChI=1S/C14H18N2O2S/c1-15-7-14-16-12(10-19-14)9-18-8-11-3-5-13(17-2)6-4-11/h3-6,10,15H,7-9H2,1-2H3. The highest BCUT2D eigenvalue weighted by Crippen LogP contribution is 2.14. The quantitative estimate of drug-likeness (QED) is 0.845. The molecule has 1 aromatic carbocycles. The lowest BCUT2D eigenvalue weighted by Crippen LogP contribution is -2.04. The zero-order valence-electron chi connectivity index (χ0n) is 11.2. The fourth-order valence-electron chi connectivity index (χ4n) is 1.64. The Bertz CT molecular complexity index is 496. The Morgan fingerprint density at radius 3 is 2.68 bits per heavy atom. The molecule has 0 aliphatic rings. The van der Waals surface area contributed by atoms with E-state index >= 15 is 0 Å². The highest BCUT2D eigenvalue weighted by molar-refractivity contribution is 7.09. The summed E-state index contributed by atoms with van der Waals surface area (Å²) in [6.45, 7) is 1.94. The second kappa shape index (κ2) is 7.23. The molecular weight excluding hydrogens is 260 g/mol. The molecule has 0 spiro atoms. The predicted octanol–water partition coefficient (Wildman–Crippen LogP) is 2.59. The normalized spacial score (nSPS) is 10.6. The minimum Gasteiger partial charge on any atom is -0.497 e. The molecule has 0 fully saturated rings. The summed E-state index contributed by atoms with van der Waals surface area (Å²) in [7, 11) is 3.58. The van der Waals surface area contributed by atoms with E-state index < -0.39 is 0 Å². The van der Waals surface area contributed by atoms with E-state index in [0.717, 1.165) is 28.6 Å². The van der Waals surface area contributed by atoms with Crippen LogP contribution in [-0.4, -0.2) is 19.1 Å². The monoisotopic (exact) mass is 278 g/mol. The molecule has 0 radical (unpaired) electrons. The lowest BCUT2D eigenvalue weighted by molar-refractivity contribution is 0.105. The lowest BCUT2D eigenvalue weighted by Gasteiger charge is -2.04. The number of nitrogens with one attached hydrogen (secondary N) is 1. The summed E-state index contributed by atoms with van der Waals surface area (Å²) in [5, 5.41) is 6.22. The number of hydrogen-bond donors (Lipinski definition) is 1. The van der Waals surface area contributed by atoms with Crippen molar-refractivity contribution in [3.05, 3.63) is 45.9 Å². The van der Waals surface area contributed by atoms with Crippen LogP contribution in [0.3, 0.4) is 0 Å². The molecule has 4 nitrogen and oxygen atoms in total. The zero-order chi connectivity index (χ0) is 13.5. The third-order valence-electron chi connectivity index (χ3n) is 2.61. The molecule has 0 saturated carbocycles. The van der Waals surface area contributed by atoms with E-state index in [0.29, 0.717) is 13.2 Å². The SMILES string of the molecule is CNCc1nc(COCc2ccc(OC)cc2)cs1. The van der Waals surface area contributed by atoms with Crippen LogP contribution in [0.4, 0.5) is 0 Å². The molecule has 0 aliphatic carbocycles. The Balaban J connectivity index is 1.78. The Morgan fingerprint density at radius 1 is 1.21 bits per heavy atom. The van der Waals surface area contributed by atoms with Gasteiger partial charge in [-0.05, 0) is 24.7 Å². The molecule has 0 unspecified atom stereocenters. The topological polar surface area (TPSA) is 43.4 Å². The summed E-state index contributed by atoms with van der Waals surface area (Å²) in [4.78, 5) is 4.47. The molecule has 1 aromatic heterocycles. The van der Waals surface area contributed by atoms with E-state index in [9.17, 15) is 0 Å². The Kier molecular flexibility index (Phi) is 5.32. The minimum atomic E-state index is 0.548. The van der Waals surface area contributed by atoms with Crippen molar-refractivity contribution in [3.8, 4) is 5.75 Å². The number of aromatic nitrogens is 1. The van der Waals surface area contributed by atoms with E-state index in [-0.39, 0.29) is 0 Å². The van der Waals surface area contributed by atoms with Gasteiger partial charge in [-0.3, -0.25) is 0 Å². The van der Waals surface area contributed by atoms with Crippen LogP contribution in [0.25, 0.3) is 0 Å². The molecule has 2 aromatic rings. The number of benzene rings is 1. The number of hydrogen-bond acceptors (Lipinski definition) is 5. The first kappa shape index (κ1) is 14.0. The molecule has 0 aliphatic heterocycles. The molecule has 5 heteroatoms. The van der Waals surface area contributed by atoms with Gasteiger partial charge >= 0.3 is 0 Å². The fraction of sp³-hybridized carbons (Fsp3) is 0.357. The Morgan fingerprint density at radius 2 is 2.00 bits per heavy atom. The van der Waals surface area contributed by atoms with E-state index in [1.165, 1.54) is 0 Å². The predicted molar refractivity (Wildman–Crippen MR) is 76.4 cm³/mol. The average molecular weight is 278 g/mol. The highest BCUT2D eigenvalue weighted by Gasteiger charge is 2.01. The second-order valence-corrected chi connectivity index (χ2v) is 5.05. The molecular formula is C14H18N2O2S. The van der Waals surface area contributed by atoms with Crippen LogP contribution in [0.15, 0.2) is 29.6 Å². The van der Waals surface area contributed by atoms with Crippen molar-refractivity contribution in [1.29, 1.82) is 0 Å². The number of thiazole rings is 1. The van der Waals surface area contributed by atoms with Gasteiger partial charge in [-0.15, -0.1) is 11.3 Å². The third kappa shape index (κ3) is 4.31. The van der Waals surface area contributed by atoms with Crippen LogP contribution in [0.1, 0.15) is 16.3 Å². The van der Waals surface area contributed by atoms with Crippen LogP contribution in [0, 0.1) is 0 Å². The van der Waals surface area contributed by atoms with Crippen molar-refractivity contribution in [3.63, 3.8) is 0 Å². The van der Waals surface area contributed by atoms with Gasteiger partial charge < -0.3 is 14.8 Å². The van der Waals surface area contributed by atoms with Crippen molar-refractivity contribution in [2.75, 3.05) is 14.2 Å². The first-order chi connectivity index (χ1) is 9.31. The molecule has 1 heterocycles. The van der Waals surface area contributed by atoms with Gasteiger partial charge in [0.1, 0.15) is 10.8 Å². The van der Waals surface area contributed by atoms with Gasteiger partial charge in [0.25, 0.3) is 0 Å². The van der Waals surface area contributed by atoms with Crippen molar-refractivity contribution in [1.82, 2.24) is 10.3 Å². The van der Waals surface area contributed by atoms with E-state index in [1.807, 2.05) is 36.7 Å². The third-order valence-corrected chi connectivity index (χ3v) is 3.50. The molecule has 2 rings (SSSR count). The van der Waals surface area contributed by atoms with Gasteiger partial charge in [0, 0.05) is 11.9 Å². The van der Waals surface area contributed by atoms with E-state index in [2.05, 4.69) is 10.3 Å². The first-order valence-corrected chi connectivity index (χ1v) is 6.98. The summed E-state index contributed by atoms with van der Waals surface area (Å²) in [5.41, 5.74) is 2.12. The molecule has 1 N–H and O–H groups in total. The summed E-state index contributed by atoms with van der Waals surface area (Å²) < 4.78 is 10.8. The lowest BCUT2D eigenvalue weighted by atomic mass is 10.2. The van der Waals surface area contributed by atoms with Gasteiger partial charge in [0.2, 0.25) is 0 Å². The van der Waals surface area contributed by atoms with Gasteiger partial charge in [0.05, 0.1) is 26.0 Å². The number of nitrogens with zero attached hydrogens (tertiary/aromatic N) is 1. The largest absolute Gasteiger partial charge is 0.497 e. The van der Waals surface area contributed by atoms with Crippen LogP contribution >= 0.6 is 11.3 Å². The number of ether oxygens (including phenoxy) is 2. The first-order valence-electron chi connectivity index (χ1n) is 6.10. The maximum atomic E-state index is 5.65.